The number of nitrogens with one attached hydrogen (secondary N) is 1. The minimum Gasteiger partial charge on any atom is -0.326 e. The Hall–Kier alpha value is -3.07. The molecule has 1 aromatic carbocycles. The van der Waals surface area contributed by atoms with Gasteiger partial charge in [-0.2, -0.15) is 0 Å². The highest BCUT2D eigenvalue weighted by molar-refractivity contribution is 7.99. The first-order chi connectivity index (χ1) is 13.0. The quantitative estimate of drug-likeness (QED) is 0.518. The number of hydrogen-bond donors (Lipinski definition) is 1. The monoisotopic (exact) mass is 385 g/mol. The first-order valence-corrected chi connectivity index (χ1v) is 8.97. The molecule has 0 fully saturated rings. The molecule has 0 atom stereocenters. The highest BCUT2D eigenvalue weighted by Crippen LogP contribution is 2.23. The van der Waals surface area contributed by atoms with Crippen molar-refractivity contribution in [2.75, 3.05) is 11.1 Å². The zero-order valence-electron chi connectivity index (χ0n) is 14.6. The standard InChI is InChI=1S/C18H16FN5O2S/c1-11(25)21-13-3-4-14(15(19)9-13)16(26)10-27-18-23-22-17(24(18)2)12-5-7-20-8-6-12/h3-9H,10H2,1-2H3,(H,21,25). The lowest BCUT2D eigenvalue weighted by Crippen LogP contribution is -2.09. The molecule has 0 aliphatic carbocycles. The molecule has 3 aromatic rings. The van der Waals surface area contributed by atoms with Crippen molar-refractivity contribution < 1.29 is 14.0 Å². The maximum absolute atomic E-state index is 14.2. The zero-order chi connectivity index (χ0) is 19.4. The van der Waals surface area contributed by atoms with Gasteiger partial charge in [0.05, 0.1) is 11.3 Å². The van der Waals surface area contributed by atoms with Crippen LogP contribution >= 0.6 is 11.8 Å². The molecule has 0 spiro atoms. The number of benzene rings is 1. The first-order valence-electron chi connectivity index (χ1n) is 7.98. The number of thioether (sulfide) groups is 1. The summed E-state index contributed by atoms with van der Waals surface area (Å²) >= 11 is 1.18. The van der Waals surface area contributed by atoms with E-state index in [2.05, 4.69) is 20.5 Å². The molecule has 27 heavy (non-hydrogen) atoms. The van der Waals surface area contributed by atoms with Crippen LogP contribution in [0.1, 0.15) is 17.3 Å². The Kier molecular flexibility index (Phi) is 5.60. The van der Waals surface area contributed by atoms with Crippen molar-refractivity contribution in [1.82, 2.24) is 19.7 Å². The van der Waals surface area contributed by atoms with E-state index in [1.807, 2.05) is 12.1 Å². The van der Waals surface area contributed by atoms with Gasteiger partial charge in [0.1, 0.15) is 5.82 Å². The summed E-state index contributed by atoms with van der Waals surface area (Å²) in [6.45, 7) is 1.33. The predicted molar refractivity (Wildman–Crippen MR) is 100.0 cm³/mol. The van der Waals surface area contributed by atoms with Gasteiger partial charge in [0.25, 0.3) is 0 Å². The number of halogens is 1. The van der Waals surface area contributed by atoms with E-state index < -0.39 is 5.82 Å². The fraction of sp³-hybridized carbons (Fsp3) is 0.167. The third kappa shape index (κ3) is 4.37. The average molecular weight is 385 g/mol. The number of aromatic nitrogens is 4. The van der Waals surface area contributed by atoms with Gasteiger partial charge in [0.15, 0.2) is 16.8 Å². The number of amides is 1. The molecule has 0 radical (unpaired) electrons. The van der Waals surface area contributed by atoms with Gasteiger partial charge in [-0.3, -0.25) is 14.6 Å². The van der Waals surface area contributed by atoms with Crippen molar-refractivity contribution in [3.05, 3.63) is 54.1 Å². The lowest BCUT2D eigenvalue weighted by molar-refractivity contribution is -0.114. The Bertz CT molecular complexity index is 991. The van der Waals surface area contributed by atoms with Crippen LogP contribution in [0.4, 0.5) is 10.1 Å². The molecule has 138 valence electrons. The van der Waals surface area contributed by atoms with E-state index >= 15 is 0 Å². The molecule has 0 bridgehead atoms. The molecule has 1 N–H and O–H groups in total. The second-order valence-electron chi connectivity index (χ2n) is 5.69. The minimum absolute atomic E-state index is 0.0126. The SMILES string of the molecule is CC(=O)Nc1ccc(C(=O)CSc2nnc(-c3ccncc3)n2C)c(F)c1. The van der Waals surface area contributed by atoms with Gasteiger partial charge in [0, 0.05) is 37.6 Å². The summed E-state index contributed by atoms with van der Waals surface area (Å²) in [4.78, 5) is 27.3. The van der Waals surface area contributed by atoms with Crippen LogP contribution in [0.5, 0.6) is 0 Å². The Morgan fingerprint density at radius 2 is 1.93 bits per heavy atom. The number of Topliss-reactive ketones (excluding diaryl/α,β-unsaturated/α-hetero) is 1. The van der Waals surface area contributed by atoms with Gasteiger partial charge in [-0.25, -0.2) is 4.39 Å². The van der Waals surface area contributed by atoms with E-state index in [0.717, 1.165) is 11.6 Å². The number of anilines is 1. The fourth-order valence-corrected chi connectivity index (χ4v) is 3.22. The molecule has 9 heteroatoms. The Morgan fingerprint density at radius 3 is 2.59 bits per heavy atom. The second kappa shape index (κ2) is 8.09. The number of nitrogens with zero attached hydrogens (tertiary/aromatic N) is 4. The van der Waals surface area contributed by atoms with Crippen LogP contribution in [0.3, 0.4) is 0 Å². The normalized spacial score (nSPS) is 10.6. The smallest absolute Gasteiger partial charge is 0.221 e. The molecule has 1 amide bonds. The summed E-state index contributed by atoms with van der Waals surface area (Å²) in [6.07, 6.45) is 3.32. The van der Waals surface area contributed by atoms with Crippen LogP contribution in [-0.2, 0) is 11.8 Å². The summed E-state index contributed by atoms with van der Waals surface area (Å²) in [5.41, 5.74) is 1.13. The lowest BCUT2D eigenvalue weighted by Gasteiger charge is -2.06. The van der Waals surface area contributed by atoms with E-state index in [-0.39, 0.29) is 23.0 Å². The molecule has 0 aliphatic heterocycles. The molecule has 0 unspecified atom stereocenters. The Labute approximate surface area is 159 Å². The average Bonchev–Trinajstić information content (AvgIpc) is 3.00. The molecule has 0 saturated heterocycles. The van der Waals surface area contributed by atoms with Gasteiger partial charge in [-0.05, 0) is 30.3 Å². The summed E-state index contributed by atoms with van der Waals surface area (Å²) in [7, 11) is 1.80. The predicted octanol–water partition coefficient (Wildman–Crippen LogP) is 2.95. The summed E-state index contributed by atoms with van der Waals surface area (Å²) < 4.78 is 15.9. The number of hydrogen-bond acceptors (Lipinski definition) is 6. The molecular formula is C18H16FN5O2S. The van der Waals surface area contributed by atoms with Crippen molar-refractivity contribution in [2.45, 2.75) is 12.1 Å². The van der Waals surface area contributed by atoms with E-state index in [1.165, 1.54) is 30.8 Å². The molecular weight excluding hydrogens is 369 g/mol. The number of pyridine rings is 1. The van der Waals surface area contributed by atoms with E-state index in [4.69, 9.17) is 0 Å². The van der Waals surface area contributed by atoms with E-state index in [1.54, 1.807) is 24.0 Å². The molecule has 7 nitrogen and oxygen atoms in total. The summed E-state index contributed by atoms with van der Waals surface area (Å²) in [6, 6.07) is 7.61. The number of carbonyl (C=O) groups is 2. The third-order valence-corrected chi connectivity index (χ3v) is 4.72. The van der Waals surface area contributed by atoms with Gasteiger partial charge < -0.3 is 9.88 Å². The van der Waals surface area contributed by atoms with Crippen LogP contribution in [0, 0.1) is 5.82 Å². The minimum atomic E-state index is -0.678. The molecule has 0 saturated carbocycles. The third-order valence-electron chi connectivity index (χ3n) is 3.70. The highest BCUT2D eigenvalue weighted by atomic mass is 32.2. The Morgan fingerprint density at radius 1 is 1.19 bits per heavy atom. The van der Waals surface area contributed by atoms with Crippen LogP contribution < -0.4 is 5.32 Å². The van der Waals surface area contributed by atoms with Gasteiger partial charge >= 0.3 is 0 Å². The topological polar surface area (TPSA) is 89.8 Å². The second-order valence-corrected chi connectivity index (χ2v) is 6.63. The molecule has 2 heterocycles. The largest absolute Gasteiger partial charge is 0.326 e. The van der Waals surface area contributed by atoms with Crippen LogP contribution in [0.15, 0.2) is 47.9 Å². The molecule has 0 aliphatic rings. The number of ketones is 1. The van der Waals surface area contributed by atoms with Crippen molar-refractivity contribution in [2.24, 2.45) is 7.05 Å². The van der Waals surface area contributed by atoms with Gasteiger partial charge in [-0.15, -0.1) is 10.2 Å². The van der Waals surface area contributed by atoms with Gasteiger partial charge in [0.2, 0.25) is 5.91 Å². The van der Waals surface area contributed by atoms with Crippen molar-refractivity contribution >= 4 is 29.1 Å². The molecule has 2 aromatic heterocycles. The van der Waals surface area contributed by atoms with Crippen molar-refractivity contribution in [1.29, 1.82) is 0 Å². The van der Waals surface area contributed by atoms with Crippen LogP contribution in [0.2, 0.25) is 0 Å². The molecule has 3 rings (SSSR count). The van der Waals surface area contributed by atoms with Crippen molar-refractivity contribution in [3.63, 3.8) is 0 Å². The van der Waals surface area contributed by atoms with E-state index in [0.29, 0.717) is 16.7 Å². The highest BCUT2D eigenvalue weighted by Gasteiger charge is 2.16. The maximum atomic E-state index is 14.2. The fourth-order valence-electron chi connectivity index (χ4n) is 2.42. The lowest BCUT2D eigenvalue weighted by atomic mass is 10.1. The first kappa shape index (κ1) is 18.7. The maximum Gasteiger partial charge on any atom is 0.221 e. The number of carbonyl (C=O) groups excluding carboxylic acids is 2. The van der Waals surface area contributed by atoms with E-state index in [9.17, 15) is 14.0 Å². The summed E-state index contributed by atoms with van der Waals surface area (Å²) in [5, 5.41) is 11.2. The van der Waals surface area contributed by atoms with Gasteiger partial charge in [-0.1, -0.05) is 11.8 Å². The van der Waals surface area contributed by atoms with Crippen LogP contribution in [-0.4, -0.2) is 37.2 Å². The summed E-state index contributed by atoms with van der Waals surface area (Å²) in [5.74, 6) is -0.698. The number of rotatable bonds is 6. The van der Waals surface area contributed by atoms with Crippen LogP contribution in [0.25, 0.3) is 11.4 Å². The van der Waals surface area contributed by atoms with Crippen molar-refractivity contribution in [3.8, 4) is 11.4 Å². The zero-order valence-corrected chi connectivity index (χ0v) is 15.5. The Balaban J connectivity index is 1.70.